The van der Waals surface area contributed by atoms with Crippen LogP contribution in [0.4, 0.5) is 0 Å². The minimum absolute atomic E-state index is 0.0769. The molecule has 27 heavy (non-hydrogen) atoms. The van der Waals surface area contributed by atoms with Gasteiger partial charge in [0.1, 0.15) is 17.9 Å². The standard InChI is InChI=1S/C22H22N2O3/c1-4-27-23-16(3)19-21(25)15(2)20(17-11-7-5-8-12-17)24(22(19)26)18-13-9-6-10-14-18/h5-14,25H,4H2,1-3H3. The first-order chi connectivity index (χ1) is 13.1. The molecule has 0 saturated carbocycles. The number of hydrogen-bond acceptors (Lipinski definition) is 4. The molecule has 0 aliphatic carbocycles. The maximum absolute atomic E-state index is 13.4. The number of aromatic nitrogens is 1. The third-order valence-electron chi connectivity index (χ3n) is 4.34. The summed E-state index contributed by atoms with van der Waals surface area (Å²) in [4.78, 5) is 18.5. The van der Waals surface area contributed by atoms with Gasteiger partial charge in [0.25, 0.3) is 5.56 Å². The molecule has 1 aromatic heterocycles. The highest BCUT2D eigenvalue weighted by Crippen LogP contribution is 2.32. The molecule has 0 spiro atoms. The van der Waals surface area contributed by atoms with Gasteiger partial charge in [-0.3, -0.25) is 9.36 Å². The molecule has 2 aromatic carbocycles. The summed E-state index contributed by atoms with van der Waals surface area (Å²) in [6.45, 7) is 5.64. The molecule has 0 bridgehead atoms. The van der Waals surface area contributed by atoms with Crippen molar-refractivity contribution in [2.75, 3.05) is 6.61 Å². The summed E-state index contributed by atoms with van der Waals surface area (Å²) >= 11 is 0. The van der Waals surface area contributed by atoms with Crippen LogP contribution >= 0.6 is 0 Å². The second-order valence-corrected chi connectivity index (χ2v) is 6.13. The Balaban J connectivity index is 2.41. The minimum atomic E-state index is -0.343. The van der Waals surface area contributed by atoms with Gasteiger partial charge in [-0.05, 0) is 38.5 Å². The van der Waals surface area contributed by atoms with E-state index in [1.54, 1.807) is 18.4 Å². The van der Waals surface area contributed by atoms with Crippen LogP contribution in [0.2, 0.25) is 0 Å². The monoisotopic (exact) mass is 362 g/mol. The van der Waals surface area contributed by atoms with Crippen LogP contribution in [0.1, 0.15) is 25.0 Å². The molecular formula is C22H22N2O3. The van der Waals surface area contributed by atoms with E-state index in [9.17, 15) is 9.90 Å². The van der Waals surface area contributed by atoms with Gasteiger partial charge in [0.15, 0.2) is 0 Å². The fraction of sp³-hybridized carbons (Fsp3) is 0.182. The highest BCUT2D eigenvalue weighted by Gasteiger charge is 2.23. The Hall–Kier alpha value is -3.34. The Morgan fingerprint density at radius 1 is 1.07 bits per heavy atom. The molecule has 0 atom stereocenters. The Kier molecular flexibility index (Phi) is 5.41. The number of hydrogen-bond donors (Lipinski definition) is 1. The number of oxime groups is 1. The summed E-state index contributed by atoms with van der Waals surface area (Å²) in [5.41, 5.74) is 2.95. The van der Waals surface area contributed by atoms with Crippen molar-refractivity contribution in [3.8, 4) is 22.7 Å². The summed E-state index contributed by atoms with van der Waals surface area (Å²) < 4.78 is 1.62. The average Bonchev–Trinajstić information content (AvgIpc) is 2.70. The first-order valence-electron chi connectivity index (χ1n) is 8.82. The Morgan fingerprint density at radius 3 is 2.26 bits per heavy atom. The highest BCUT2D eigenvalue weighted by atomic mass is 16.6. The van der Waals surface area contributed by atoms with Gasteiger partial charge in [-0.1, -0.05) is 53.7 Å². The van der Waals surface area contributed by atoms with Crippen molar-refractivity contribution in [3.63, 3.8) is 0 Å². The lowest BCUT2D eigenvalue weighted by atomic mass is 10.0. The van der Waals surface area contributed by atoms with E-state index in [2.05, 4.69) is 5.16 Å². The summed E-state index contributed by atoms with van der Waals surface area (Å²) in [6, 6.07) is 18.9. The summed E-state index contributed by atoms with van der Waals surface area (Å²) in [5, 5.41) is 14.8. The molecule has 1 heterocycles. The molecule has 0 saturated heterocycles. The van der Waals surface area contributed by atoms with Crippen LogP contribution in [0.25, 0.3) is 16.9 Å². The second-order valence-electron chi connectivity index (χ2n) is 6.13. The Labute approximate surface area is 158 Å². The quantitative estimate of drug-likeness (QED) is 0.544. The van der Waals surface area contributed by atoms with Crippen LogP contribution in [0.3, 0.4) is 0 Å². The number of para-hydroxylation sites is 1. The molecule has 0 unspecified atom stereocenters. The van der Waals surface area contributed by atoms with Crippen LogP contribution < -0.4 is 5.56 Å². The van der Waals surface area contributed by atoms with E-state index in [1.807, 2.05) is 67.6 Å². The number of aromatic hydroxyl groups is 1. The zero-order chi connectivity index (χ0) is 19.4. The molecule has 138 valence electrons. The number of rotatable bonds is 5. The van der Waals surface area contributed by atoms with Crippen LogP contribution in [0.15, 0.2) is 70.6 Å². The molecule has 0 aliphatic rings. The zero-order valence-corrected chi connectivity index (χ0v) is 15.6. The molecule has 3 rings (SSSR count). The van der Waals surface area contributed by atoms with E-state index in [-0.39, 0.29) is 16.9 Å². The summed E-state index contributed by atoms with van der Waals surface area (Å²) in [5.74, 6) is -0.0769. The van der Waals surface area contributed by atoms with Gasteiger partial charge < -0.3 is 9.94 Å². The van der Waals surface area contributed by atoms with E-state index < -0.39 is 0 Å². The largest absolute Gasteiger partial charge is 0.507 e. The number of nitrogens with zero attached hydrogens (tertiary/aromatic N) is 2. The van der Waals surface area contributed by atoms with Crippen molar-refractivity contribution in [1.29, 1.82) is 0 Å². The van der Waals surface area contributed by atoms with Crippen LogP contribution in [-0.4, -0.2) is 22.0 Å². The second kappa shape index (κ2) is 7.91. The third kappa shape index (κ3) is 3.49. The van der Waals surface area contributed by atoms with Crippen molar-refractivity contribution in [3.05, 3.63) is 82.1 Å². The third-order valence-corrected chi connectivity index (χ3v) is 4.34. The van der Waals surface area contributed by atoms with Crippen LogP contribution in [0.5, 0.6) is 5.75 Å². The van der Waals surface area contributed by atoms with Gasteiger partial charge in [-0.2, -0.15) is 0 Å². The minimum Gasteiger partial charge on any atom is -0.507 e. The van der Waals surface area contributed by atoms with Crippen LogP contribution in [-0.2, 0) is 4.84 Å². The van der Waals surface area contributed by atoms with Crippen molar-refractivity contribution in [2.24, 2.45) is 5.16 Å². The average molecular weight is 362 g/mol. The topological polar surface area (TPSA) is 63.8 Å². The normalized spacial score (nSPS) is 11.4. The molecule has 0 fully saturated rings. The Bertz CT molecular complexity index is 1020. The summed E-state index contributed by atoms with van der Waals surface area (Å²) in [6.07, 6.45) is 0. The van der Waals surface area contributed by atoms with E-state index >= 15 is 0 Å². The highest BCUT2D eigenvalue weighted by molar-refractivity contribution is 6.01. The lowest BCUT2D eigenvalue weighted by Gasteiger charge is -2.19. The molecule has 0 radical (unpaired) electrons. The number of pyridine rings is 1. The molecule has 0 aliphatic heterocycles. The fourth-order valence-corrected chi connectivity index (χ4v) is 3.08. The van der Waals surface area contributed by atoms with Gasteiger partial charge in [-0.25, -0.2) is 0 Å². The molecular weight excluding hydrogens is 340 g/mol. The van der Waals surface area contributed by atoms with E-state index in [0.29, 0.717) is 23.6 Å². The van der Waals surface area contributed by atoms with E-state index in [1.165, 1.54) is 0 Å². The Morgan fingerprint density at radius 2 is 1.67 bits per heavy atom. The van der Waals surface area contributed by atoms with E-state index in [4.69, 9.17) is 4.84 Å². The lowest BCUT2D eigenvalue weighted by Crippen LogP contribution is -2.27. The van der Waals surface area contributed by atoms with Gasteiger partial charge in [0.2, 0.25) is 0 Å². The lowest BCUT2D eigenvalue weighted by molar-refractivity contribution is 0.159. The first-order valence-corrected chi connectivity index (χ1v) is 8.82. The molecule has 0 amide bonds. The summed E-state index contributed by atoms with van der Waals surface area (Å²) in [7, 11) is 0. The van der Waals surface area contributed by atoms with Crippen molar-refractivity contribution in [1.82, 2.24) is 4.57 Å². The maximum Gasteiger partial charge on any atom is 0.268 e. The van der Waals surface area contributed by atoms with Crippen molar-refractivity contribution in [2.45, 2.75) is 20.8 Å². The van der Waals surface area contributed by atoms with Gasteiger partial charge in [0, 0.05) is 11.3 Å². The molecule has 5 heteroatoms. The molecule has 3 aromatic rings. The van der Waals surface area contributed by atoms with Gasteiger partial charge in [0.05, 0.1) is 11.4 Å². The SMILES string of the molecule is CCON=C(C)c1c(O)c(C)c(-c2ccccc2)n(-c2ccccc2)c1=O. The predicted molar refractivity (Wildman–Crippen MR) is 108 cm³/mol. The van der Waals surface area contributed by atoms with Crippen molar-refractivity contribution >= 4 is 5.71 Å². The smallest absolute Gasteiger partial charge is 0.268 e. The van der Waals surface area contributed by atoms with E-state index in [0.717, 1.165) is 11.3 Å². The predicted octanol–water partition coefficient (Wildman–Crippen LogP) is 4.28. The fourth-order valence-electron chi connectivity index (χ4n) is 3.08. The zero-order valence-electron chi connectivity index (χ0n) is 15.6. The van der Waals surface area contributed by atoms with Gasteiger partial charge in [-0.15, -0.1) is 0 Å². The first kappa shape index (κ1) is 18.5. The van der Waals surface area contributed by atoms with Crippen LogP contribution in [0, 0.1) is 6.92 Å². The molecule has 1 N–H and O–H groups in total. The van der Waals surface area contributed by atoms with Gasteiger partial charge >= 0.3 is 0 Å². The van der Waals surface area contributed by atoms with Crippen molar-refractivity contribution < 1.29 is 9.94 Å². The number of benzene rings is 2. The maximum atomic E-state index is 13.4. The molecule has 5 nitrogen and oxygen atoms in total.